The summed E-state index contributed by atoms with van der Waals surface area (Å²) in [7, 11) is 0. The van der Waals surface area contributed by atoms with E-state index in [9.17, 15) is 4.79 Å². The van der Waals surface area contributed by atoms with E-state index in [1.54, 1.807) is 0 Å². The van der Waals surface area contributed by atoms with Gasteiger partial charge in [0.15, 0.2) is 0 Å². The highest BCUT2D eigenvalue weighted by Crippen LogP contribution is 2.25. The van der Waals surface area contributed by atoms with Crippen molar-refractivity contribution >= 4 is 17.7 Å². The first-order chi connectivity index (χ1) is 7.24. The zero-order valence-electron chi connectivity index (χ0n) is 9.62. The third-order valence-corrected chi connectivity index (χ3v) is 3.97. The molecule has 1 fully saturated rings. The van der Waals surface area contributed by atoms with E-state index in [1.165, 1.54) is 12.2 Å². The van der Waals surface area contributed by atoms with E-state index >= 15 is 0 Å². The summed E-state index contributed by atoms with van der Waals surface area (Å²) in [6, 6.07) is 0.636. The van der Waals surface area contributed by atoms with Gasteiger partial charge in [-0.15, -0.1) is 0 Å². The van der Waals surface area contributed by atoms with Crippen LogP contribution in [0.5, 0.6) is 0 Å². The van der Waals surface area contributed by atoms with Gasteiger partial charge in [0.2, 0.25) is 0 Å². The minimum atomic E-state index is -0.0758. The molecule has 88 valence electrons. The highest BCUT2D eigenvalue weighted by atomic mass is 32.2. The van der Waals surface area contributed by atoms with Gasteiger partial charge in [0, 0.05) is 17.7 Å². The van der Waals surface area contributed by atoms with Gasteiger partial charge in [-0.3, -0.25) is 4.79 Å². The van der Waals surface area contributed by atoms with Crippen LogP contribution in [0.25, 0.3) is 0 Å². The highest BCUT2D eigenvalue weighted by Gasteiger charge is 2.22. The summed E-state index contributed by atoms with van der Waals surface area (Å²) in [5.74, 6) is 1.18. The van der Waals surface area contributed by atoms with Crippen molar-refractivity contribution in [3.63, 3.8) is 0 Å². The topological polar surface area (TPSA) is 38.3 Å². The Morgan fingerprint density at radius 1 is 1.60 bits per heavy atom. The fraction of sp³-hybridized carbons (Fsp3) is 0.909. The van der Waals surface area contributed by atoms with Crippen LogP contribution in [0.4, 0.5) is 0 Å². The predicted octanol–water partition coefficient (Wildman–Crippen LogP) is 1.81. The first-order valence-corrected chi connectivity index (χ1v) is 6.79. The molecule has 2 unspecified atom stereocenters. The van der Waals surface area contributed by atoms with Crippen LogP contribution in [0, 0.1) is 0 Å². The highest BCUT2D eigenvalue weighted by molar-refractivity contribution is 8.00. The second kappa shape index (κ2) is 7.12. The van der Waals surface area contributed by atoms with Crippen LogP contribution < -0.4 is 5.32 Å². The van der Waals surface area contributed by atoms with E-state index in [4.69, 9.17) is 4.74 Å². The summed E-state index contributed by atoms with van der Waals surface area (Å²) in [4.78, 5) is 11.0. The van der Waals surface area contributed by atoms with Crippen molar-refractivity contribution < 1.29 is 9.53 Å². The van der Waals surface area contributed by atoms with Gasteiger partial charge in [-0.1, -0.05) is 6.92 Å². The fourth-order valence-corrected chi connectivity index (χ4v) is 2.98. The Bertz CT molecular complexity index is 199. The molecule has 1 saturated heterocycles. The van der Waals surface area contributed by atoms with Crippen molar-refractivity contribution in [2.24, 2.45) is 0 Å². The summed E-state index contributed by atoms with van der Waals surface area (Å²) in [6.45, 7) is 5.52. The molecule has 1 heterocycles. The quantitative estimate of drug-likeness (QED) is 0.559. The molecule has 4 heteroatoms. The van der Waals surface area contributed by atoms with Gasteiger partial charge in [-0.25, -0.2) is 0 Å². The smallest absolute Gasteiger partial charge is 0.305 e. The average Bonchev–Trinajstić information content (AvgIpc) is 2.60. The molecule has 3 nitrogen and oxygen atoms in total. The molecule has 1 aliphatic heterocycles. The number of nitrogens with one attached hydrogen (secondary N) is 1. The molecular weight excluding hydrogens is 210 g/mol. The Balaban J connectivity index is 1.99. The van der Waals surface area contributed by atoms with Crippen LogP contribution in [0.15, 0.2) is 0 Å². The zero-order valence-corrected chi connectivity index (χ0v) is 10.4. The van der Waals surface area contributed by atoms with Crippen LogP contribution >= 0.6 is 11.8 Å². The molecular formula is C11H21NO2S. The Morgan fingerprint density at radius 3 is 3.00 bits per heavy atom. The maximum absolute atomic E-state index is 11.0. The van der Waals surface area contributed by atoms with Crippen molar-refractivity contribution in [3.8, 4) is 0 Å². The molecule has 0 bridgehead atoms. The van der Waals surface area contributed by atoms with E-state index < -0.39 is 0 Å². The fourth-order valence-electron chi connectivity index (χ4n) is 1.75. The van der Waals surface area contributed by atoms with Crippen molar-refractivity contribution in [3.05, 3.63) is 0 Å². The Labute approximate surface area is 96.3 Å². The van der Waals surface area contributed by atoms with Gasteiger partial charge in [-0.2, -0.15) is 11.8 Å². The molecule has 2 atom stereocenters. The largest absolute Gasteiger partial charge is 0.466 e. The normalized spacial score (nSPS) is 25.5. The number of thioether (sulfide) groups is 1. The van der Waals surface area contributed by atoms with Crippen molar-refractivity contribution in [1.29, 1.82) is 0 Å². The maximum Gasteiger partial charge on any atom is 0.305 e. The number of rotatable bonds is 6. The number of hydrogen-bond acceptors (Lipinski definition) is 4. The van der Waals surface area contributed by atoms with E-state index in [2.05, 4.69) is 12.2 Å². The van der Waals surface area contributed by atoms with E-state index in [1.807, 2.05) is 18.7 Å². The summed E-state index contributed by atoms with van der Waals surface area (Å²) in [6.07, 6.45) is 2.67. The molecule has 0 aromatic rings. The van der Waals surface area contributed by atoms with Crippen LogP contribution in [0.3, 0.4) is 0 Å². The summed E-state index contributed by atoms with van der Waals surface area (Å²) in [5.41, 5.74) is 0. The lowest BCUT2D eigenvalue weighted by molar-refractivity contribution is -0.143. The Kier molecular flexibility index (Phi) is 6.10. The van der Waals surface area contributed by atoms with E-state index in [-0.39, 0.29) is 5.97 Å². The molecule has 1 aliphatic rings. The molecule has 0 amide bonds. The molecule has 0 aliphatic carbocycles. The standard InChI is InChI=1S/C11H21NO2S/c1-3-14-11(13)5-4-7-12-10-6-8-15-9(10)2/h9-10,12H,3-8H2,1-2H3. The number of carbonyl (C=O) groups is 1. The first-order valence-electron chi connectivity index (χ1n) is 5.74. The number of ether oxygens (including phenoxy) is 1. The Morgan fingerprint density at radius 2 is 2.40 bits per heavy atom. The second-order valence-electron chi connectivity index (χ2n) is 3.83. The van der Waals surface area contributed by atoms with E-state index in [0.717, 1.165) is 13.0 Å². The average molecular weight is 231 g/mol. The zero-order chi connectivity index (χ0) is 11.1. The molecule has 0 aromatic carbocycles. The van der Waals surface area contributed by atoms with Crippen LogP contribution in [-0.4, -0.2) is 36.2 Å². The van der Waals surface area contributed by atoms with E-state index in [0.29, 0.717) is 24.3 Å². The lowest BCUT2D eigenvalue weighted by Crippen LogP contribution is -2.34. The van der Waals surface area contributed by atoms with Gasteiger partial charge in [-0.05, 0) is 32.1 Å². The first kappa shape index (κ1) is 12.8. The number of carbonyl (C=O) groups excluding carboxylic acids is 1. The number of hydrogen-bond donors (Lipinski definition) is 1. The molecule has 15 heavy (non-hydrogen) atoms. The second-order valence-corrected chi connectivity index (χ2v) is 5.32. The van der Waals surface area contributed by atoms with Gasteiger partial charge in [0.1, 0.15) is 0 Å². The van der Waals surface area contributed by atoms with Gasteiger partial charge in [0.25, 0.3) is 0 Å². The lowest BCUT2D eigenvalue weighted by Gasteiger charge is -2.15. The molecule has 0 radical (unpaired) electrons. The van der Waals surface area contributed by atoms with Crippen molar-refractivity contribution in [2.75, 3.05) is 18.9 Å². The van der Waals surface area contributed by atoms with Crippen LogP contribution in [-0.2, 0) is 9.53 Å². The SMILES string of the molecule is CCOC(=O)CCCNC1CCSC1C. The summed E-state index contributed by atoms with van der Waals surface area (Å²) in [5, 5.41) is 4.22. The van der Waals surface area contributed by atoms with Gasteiger partial charge >= 0.3 is 5.97 Å². The molecule has 0 spiro atoms. The van der Waals surface area contributed by atoms with Crippen LogP contribution in [0.2, 0.25) is 0 Å². The third kappa shape index (κ3) is 4.89. The predicted molar refractivity (Wildman–Crippen MR) is 64.2 cm³/mol. The molecule has 1 N–H and O–H groups in total. The van der Waals surface area contributed by atoms with Gasteiger partial charge < -0.3 is 10.1 Å². The minimum absolute atomic E-state index is 0.0758. The summed E-state index contributed by atoms with van der Waals surface area (Å²) >= 11 is 2.02. The Hall–Kier alpha value is -0.220. The van der Waals surface area contributed by atoms with Crippen molar-refractivity contribution in [2.45, 2.75) is 44.4 Å². The number of esters is 1. The molecule has 1 rings (SSSR count). The third-order valence-electron chi connectivity index (χ3n) is 2.65. The molecule has 0 saturated carbocycles. The maximum atomic E-state index is 11.0. The lowest BCUT2D eigenvalue weighted by atomic mass is 10.1. The van der Waals surface area contributed by atoms with Crippen LogP contribution in [0.1, 0.15) is 33.1 Å². The van der Waals surface area contributed by atoms with Gasteiger partial charge in [0.05, 0.1) is 6.61 Å². The minimum Gasteiger partial charge on any atom is -0.466 e. The monoisotopic (exact) mass is 231 g/mol. The van der Waals surface area contributed by atoms with Crippen molar-refractivity contribution in [1.82, 2.24) is 5.32 Å². The summed E-state index contributed by atoms with van der Waals surface area (Å²) < 4.78 is 4.86. The molecule has 0 aromatic heterocycles.